The molecular formula is C21H25ClN4O2. The molecule has 1 aliphatic heterocycles. The molecule has 1 aliphatic rings. The van der Waals surface area contributed by atoms with Gasteiger partial charge in [0.1, 0.15) is 5.75 Å². The van der Waals surface area contributed by atoms with Crippen LogP contribution in [0.3, 0.4) is 0 Å². The number of hydrogen-bond acceptors (Lipinski definition) is 5. The van der Waals surface area contributed by atoms with Crippen LogP contribution in [0.15, 0.2) is 53.6 Å². The second kappa shape index (κ2) is 10.2. The van der Waals surface area contributed by atoms with Gasteiger partial charge in [0.2, 0.25) is 0 Å². The molecule has 7 heteroatoms. The first kappa shape index (κ1) is 20.3. The number of halogens is 1. The Hall–Kier alpha value is -2.41. The van der Waals surface area contributed by atoms with Gasteiger partial charge in [0, 0.05) is 37.7 Å². The van der Waals surface area contributed by atoms with E-state index in [1.807, 2.05) is 42.5 Å². The Kier molecular flexibility index (Phi) is 7.42. The van der Waals surface area contributed by atoms with E-state index in [4.69, 9.17) is 16.3 Å². The van der Waals surface area contributed by atoms with Gasteiger partial charge in [-0.25, -0.2) is 5.43 Å². The fourth-order valence-electron chi connectivity index (χ4n) is 3.11. The minimum absolute atomic E-state index is 0.112. The molecule has 0 aliphatic carbocycles. The molecule has 1 fully saturated rings. The van der Waals surface area contributed by atoms with Gasteiger partial charge in [-0.1, -0.05) is 41.9 Å². The van der Waals surface area contributed by atoms with E-state index >= 15 is 0 Å². The van der Waals surface area contributed by atoms with Crippen LogP contribution < -0.4 is 10.2 Å². The van der Waals surface area contributed by atoms with Crippen molar-refractivity contribution in [2.45, 2.75) is 6.54 Å². The lowest BCUT2D eigenvalue weighted by molar-refractivity contribution is -0.122. The lowest BCUT2D eigenvalue weighted by Gasteiger charge is -2.34. The quantitative estimate of drug-likeness (QED) is 0.573. The van der Waals surface area contributed by atoms with Crippen molar-refractivity contribution in [1.82, 2.24) is 15.2 Å². The first-order valence-corrected chi connectivity index (χ1v) is 9.66. The zero-order chi connectivity index (χ0) is 19.8. The summed E-state index contributed by atoms with van der Waals surface area (Å²) in [6.07, 6.45) is 1.61. The number of hydrogen-bond donors (Lipinski definition) is 1. The van der Waals surface area contributed by atoms with E-state index in [1.54, 1.807) is 13.3 Å². The SMILES string of the molecule is COc1cccc(/C=N/NC(=O)CN2CCN(Cc3ccccc3Cl)CC2)c1. The molecule has 3 rings (SSSR count). The molecule has 0 aromatic heterocycles. The maximum absolute atomic E-state index is 12.1. The van der Waals surface area contributed by atoms with Gasteiger partial charge < -0.3 is 4.74 Å². The van der Waals surface area contributed by atoms with Crippen molar-refractivity contribution in [3.8, 4) is 5.75 Å². The van der Waals surface area contributed by atoms with Crippen LogP contribution in [-0.2, 0) is 11.3 Å². The molecule has 6 nitrogen and oxygen atoms in total. The normalized spacial score (nSPS) is 15.6. The number of nitrogens with zero attached hydrogens (tertiary/aromatic N) is 3. The highest BCUT2D eigenvalue weighted by Crippen LogP contribution is 2.17. The first-order valence-electron chi connectivity index (χ1n) is 9.28. The fourth-order valence-corrected chi connectivity index (χ4v) is 3.31. The summed E-state index contributed by atoms with van der Waals surface area (Å²) in [6.45, 7) is 4.69. The highest BCUT2D eigenvalue weighted by atomic mass is 35.5. The molecule has 148 valence electrons. The maximum Gasteiger partial charge on any atom is 0.254 e. The monoisotopic (exact) mass is 400 g/mol. The van der Waals surface area contributed by atoms with E-state index in [9.17, 15) is 4.79 Å². The molecule has 2 aromatic rings. The predicted molar refractivity (Wildman–Crippen MR) is 112 cm³/mol. The molecule has 0 bridgehead atoms. The third-order valence-electron chi connectivity index (χ3n) is 4.68. The molecular weight excluding hydrogens is 376 g/mol. The Morgan fingerprint density at radius 1 is 1.14 bits per heavy atom. The third kappa shape index (κ3) is 6.05. The number of ether oxygens (including phenoxy) is 1. The molecule has 0 saturated carbocycles. The molecule has 0 unspecified atom stereocenters. The number of nitrogens with one attached hydrogen (secondary N) is 1. The zero-order valence-electron chi connectivity index (χ0n) is 16.0. The van der Waals surface area contributed by atoms with Crippen LogP contribution in [0.2, 0.25) is 5.02 Å². The smallest absolute Gasteiger partial charge is 0.254 e. The van der Waals surface area contributed by atoms with Gasteiger partial charge in [-0.3, -0.25) is 14.6 Å². The van der Waals surface area contributed by atoms with Gasteiger partial charge in [0.05, 0.1) is 19.9 Å². The van der Waals surface area contributed by atoms with Crippen LogP contribution in [0.5, 0.6) is 5.75 Å². The molecule has 0 radical (unpaired) electrons. The second-order valence-electron chi connectivity index (χ2n) is 6.71. The molecule has 1 heterocycles. The van der Waals surface area contributed by atoms with Crippen LogP contribution in [0.25, 0.3) is 0 Å². The first-order chi connectivity index (χ1) is 13.6. The van der Waals surface area contributed by atoms with Crippen LogP contribution in [-0.4, -0.2) is 61.8 Å². The minimum Gasteiger partial charge on any atom is -0.497 e. The number of rotatable bonds is 7. The van der Waals surface area contributed by atoms with Gasteiger partial charge in [0.15, 0.2) is 0 Å². The summed E-state index contributed by atoms with van der Waals surface area (Å²) in [5.41, 5.74) is 4.60. The summed E-state index contributed by atoms with van der Waals surface area (Å²) >= 11 is 6.24. The molecule has 1 N–H and O–H groups in total. The van der Waals surface area contributed by atoms with Crippen LogP contribution in [0.1, 0.15) is 11.1 Å². The largest absolute Gasteiger partial charge is 0.497 e. The molecule has 0 atom stereocenters. The van der Waals surface area contributed by atoms with Crippen molar-refractivity contribution < 1.29 is 9.53 Å². The summed E-state index contributed by atoms with van der Waals surface area (Å²) in [5.74, 6) is 0.642. The Balaban J connectivity index is 1.40. The molecule has 28 heavy (non-hydrogen) atoms. The highest BCUT2D eigenvalue weighted by molar-refractivity contribution is 6.31. The van der Waals surface area contributed by atoms with Gasteiger partial charge in [-0.15, -0.1) is 0 Å². The summed E-state index contributed by atoms with van der Waals surface area (Å²) in [6, 6.07) is 15.4. The van der Waals surface area contributed by atoms with E-state index in [2.05, 4.69) is 26.4 Å². The van der Waals surface area contributed by atoms with Crippen molar-refractivity contribution in [2.75, 3.05) is 39.8 Å². The second-order valence-corrected chi connectivity index (χ2v) is 7.12. The van der Waals surface area contributed by atoms with Crippen molar-refractivity contribution in [3.63, 3.8) is 0 Å². The Labute approximate surface area is 170 Å². The van der Waals surface area contributed by atoms with Gasteiger partial charge in [-0.05, 0) is 29.3 Å². The van der Waals surface area contributed by atoms with Crippen molar-refractivity contribution in [3.05, 3.63) is 64.7 Å². The van der Waals surface area contributed by atoms with Crippen LogP contribution in [0.4, 0.5) is 0 Å². The van der Waals surface area contributed by atoms with Crippen LogP contribution in [0, 0.1) is 0 Å². The average molecular weight is 401 g/mol. The molecule has 0 spiro atoms. The highest BCUT2D eigenvalue weighted by Gasteiger charge is 2.19. The van der Waals surface area contributed by atoms with Gasteiger partial charge in [0.25, 0.3) is 5.91 Å². The number of benzene rings is 2. The van der Waals surface area contributed by atoms with Crippen LogP contribution >= 0.6 is 11.6 Å². The summed E-state index contributed by atoms with van der Waals surface area (Å²) in [5, 5.41) is 4.83. The number of piperazine rings is 1. The van der Waals surface area contributed by atoms with E-state index in [1.165, 1.54) is 0 Å². The van der Waals surface area contributed by atoms with Crippen molar-refractivity contribution in [1.29, 1.82) is 0 Å². The number of methoxy groups -OCH3 is 1. The molecule has 1 saturated heterocycles. The van der Waals surface area contributed by atoms with Gasteiger partial charge in [-0.2, -0.15) is 5.10 Å². The lowest BCUT2D eigenvalue weighted by atomic mass is 10.2. The Morgan fingerprint density at radius 2 is 1.89 bits per heavy atom. The summed E-state index contributed by atoms with van der Waals surface area (Å²) in [4.78, 5) is 16.6. The summed E-state index contributed by atoms with van der Waals surface area (Å²) in [7, 11) is 1.62. The predicted octanol–water partition coefficient (Wildman–Crippen LogP) is 2.62. The topological polar surface area (TPSA) is 57.2 Å². The minimum atomic E-state index is -0.112. The number of amides is 1. The zero-order valence-corrected chi connectivity index (χ0v) is 16.7. The number of carbonyl (C=O) groups excluding carboxylic acids is 1. The van der Waals surface area contributed by atoms with E-state index in [-0.39, 0.29) is 5.91 Å². The van der Waals surface area contributed by atoms with E-state index in [0.29, 0.717) is 6.54 Å². The fraction of sp³-hybridized carbons (Fsp3) is 0.333. The Morgan fingerprint density at radius 3 is 2.64 bits per heavy atom. The van der Waals surface area contributed by atoms with E-state index < -0.39 is 0 Å². The molecule has 1 amide bonds. The number of carbonyl (C=O) groups is 1. The standard InChI is InChI=1S/C21H25ClN4O2/c1-28-19-7-4-5-17(13-19)14-23-24-21(27)16-26-11-9-25(10-12-26)15-18-6-2-3-8-20(18)22/h2-8,13-14H,9-12,15-16H2,1H3,(H,24,27)/b23-14+. The van der Waals surface area contributed by atoms with E-state index in [0.717, 1.165) is 54.6 Å². The number of hydrazone groups is 1. The maximum atomic E-state index is 12.1. The third-order valence-corrected chi connectivity index (χ3v) is 5.05. The lowest BCUT2D eigenvalue weighted by Crippen LogP contribution is -2.48. The van der Waals surface area contributed by atoms with Crippen molar-refractivity contribution >= 4 is 23.7 Å². The molecule has 2 aromatic carbocycles. The van der Waals surface area contributed by atoms with Crippen molar-refractivity contribution in [2.24, 2.45) is 5.10 Å². The van der Waals surface area contributed by atoms with Gasteiger partial charge >= 0.3 is 0 Å². The Bertz CT molecular complexity index is 820. The average Bonchev–Trinajstić information content (AvgIpc) is 2.71. The summed E-state index contributed by atoms with van der Waals surface area (Å²) < 4.78 is 5.17.